The van der Waals surface area contributed by atoms with Crippen LogP contribution in [-0.2, 0) is 6.54 Å². The molecule has 2 heterocycles. The molecule has 3 rings (SSSR count). The number of urea groups is 1. The Morgan fingerprint density at radius 3 is 2.46 bits per heavy atom. The number of carbonyl (C=O) groups excluding carboxylic acids is 1. The van der Waals surface area contributed by atoms with Gasteiger partial charge < -0.3 is 15.1 Å². The van der Waals surface area contributed by atoms with E-state index in [0.717, 1.165) is 56.2 Å². The highest BCUT2D eigenvalue weighted by Gasteiger charge is 2.21. The molecule has 0 spiro atoms. The summed E-state index contributed by atoms with van der Waals surface area (Å²) in [7, 11) is 0. The van der Waals surface area contributed by atoms with Gasteiger partial charge in [-0.15, -0.1) is 0 Å². The molecule has 0 radical (unpaired) electrons. The molecule has 0 saturated carbocycles. The Morgan fingerprint density at radius 1 is 1.15 bits per heavy atom. The molecule has 0 unspecified atom stereocenters. The van der Waals surface area contributed by atoms with E-state index in [1.54, 1.807) is 0 Å². The van der Waals surface area contributed by atoms with Crippen molar-refractivity contribution in [1.82, 2.24) is 10.2 Å². The molecule has 1 fully saturated rings. The van der Waals surface area contributed by atoms with E-state index in [9.17, 15) is 4.79 Å². The van der Waals surface area contributed by atoms with Gasteiger partial charge in [-0.25, -0.2) is 4.79 Å². The normalized spacial score (nSPS) is 15.8. The topological polar surface area (TPSA) is 57.5 Å². The number of hydrogen-bond acceptors (Lipinski definition) is 3. The number of piperidine rings is 1. The van der Waals surface area contributed by atoms with Crippen molar-refractivity contribution in [3.63, 3.8) is 0 Å². The maximum atomic E-state index is 12.0. The van der Waals surface area contributed by atoms with Crippen LogP contribution in [-0.4, -0.2) is 30.6 Å². The van der Waals surface area contributed by atoms with E-state index < -0.39 is 0 Å². The van der Waals surface area contributed by atoms with Crippen molar-refractivity contribution in [3.05, 3.63) is 53.0 Å². The van der Waals surface area contributed by atoms with Gasteiger partial charge in [0.1, 0.15) is 11.5 Å². The molecule has 0 aliphatic carbocycles. The Bertz CT molecular complexity index is 728. The fourth-order valence-corrected chi connectivity index (χ4v) is 3.48. The zero-order valence-electron chi connectivity index (χ0n) is 16.0. The van der Waals surface area contributed by atoms with Gasteiger partial charge in [0.15, 0.2) is 0 Å². The summed E-state index contributed by atoms with van der Waals surface area (Å²) in [5.74, 6) is 2.55. The number of nitrogens with zero attached hydrogens (tertiary/aromatic N) is 1. The number of likely N-dealkylation sites (tertiary alicyclic amines) is 1. The molecule has 0 bridgehead atoms. The zero-order chi connectivity index (χ0) is 18.5. The predicted molar refractivity (Wildman–Crippen MR) is 104 cm³/mol. The lowest BCUT2D eigenvalue weighted by atomic mass is 9.96. The minimum atomic E-state index is -0.124. The van der Waals surface area contributed by atoms with Crippen LogP contribution in [0.1, 0.15) is 35.5 Å². The first kappa shape index (κ1) is 18.5. The smallest absolute Gasteiger partial charge is 0.319 e. The van der Waals surface area contributed by atoms with E-state index in [4.69, 9.17) is 4.42 Å². The molecule has 1 aliphatic heterocycles. The van der Waals surface area contributed by atoms with E-state index >= 15 is 0 Å². The standard InChI is InChI=1S/C21H29N3O2/c1-15-4-6-20(7-5-15)23-21(25)22-13-18-8-10-24(11-9-18)14-19-12-16(2)26-17(19)3/h4-7,12,18H,8-11,13-14H2,1-3H3,(H2,22,23,25). The molecule has 1 aliphatic rings. The number of aryl methyl sites for hydroxylation is 3. The van der Waals surface area contributed by atoms with Crippen molar-refractivity contribution < 1.29 is 9.21 Å². The van der Waals surface area contributed by atoms with Crippen molar-refractivity contribution in [2.24, 2.45) is 5.92 Å². The van der Waals surface area contributed by atoms with Gasteiger partial charge in [0.2, 0.25) is 0 Å². The van der Waals surface area contributed by atoms with Crippen LogP contribution in [0.5, 0.6) is 0 Å². The molecule has 5 nitrogen and oxygen atoms in total. The van der Waals surface area contributed by atoms with Gasteiger partial charge in [0.05, 0.1) is 0 Å². The average molecular weight is 355 g/mol. The highest BCUT2D eigenvalue weighted by atomic mass is 16.3. The van der Waals surface area contributed by atoms with E-state index in [1.165, 1.54) is 11.1 Å². The summed E-state index contributed by atoms with van der Waals surface area (Å²) >= 11 is 0. The Kier molecular flexibility index (Phi) is 5.99. The van der Waals surface area contributed by atoms with Gasteiger partial charge in [-0.05, 0) is 70.8 Å². The monoisotopic (exact) mass is 355 g/mol. The first-order chi connectivity index (χ1) is 12.5. The number of hydrogen-bond donors (Lipinski definition) is 2. The quantitative estimate of drug-likeness (QED) is 0.843. The maximum absolute atomic E-state index is 12.0. The van der Waals surface area contributed by atoms with Gasteiger partial charge in [0, 0.05) is 24.3 Å². The molecule has 26 heavy (non-hydrogen) atoms. The number of anilines is 1. The van der Waals surface area contributed by atoms with Gasteiger partial charge >= 0.3 is 6.03 Å². The van der Waals surface area contributed by atoms with Crippen LogP contribution in [0.25, 0.3) is 0 Å². The second-order valence-electron chi connectivity index (χ2n) is 7.36. The van der Waals surface area contributed by atoms with Crippen LogP contribution in [0.4, 0.5) is 10.5 Å². The van der Waals surface area contributed by atoms with Crippen LogP contribution >= 0.6 is 0 Å². The Hall–Kier alpha value is -2.27. The number of benzene rings is 1. The largest absolute Gasteiger partial charge is 0.466 e. The predicted octanol–water partition coefficient (Wildman–Crippen LogP) is 4.24. The number of rotatable bonds is 5. The molecule has 2 aromatic rings. The molecule has 2 amide bonds. The Balaban J connectivity index is 1.38. The van der Waals surface area contributed by atoms with Crippen LogP contribution < -0.4 is 10.6 Å². The summed E-state index contributed by atoms with van der Waals surface area (Å²) < 4.78 is 5.62. The van der Waals surface area contributed by atoms with E-state index in [-0.39, 0.29) is 6.03 Å². The van der Waals surface area contributed by atoms with Crippen molar-refractivity contribution in [2.75, 3.05) is 25.0 Å². The summed E-state index contributed by atoms with van der Waals surface area (Å²) in [5, 5.41) is 5.90. The van der Waals surface area contributed by atoms with Gasteiger partial charge in [-0.3, -0.25) is 4.90 Å². The van der Waals surface area contributed by atoms with Crippen molar-refractivity contribution in [1.29, 1.82) is 0 Å². The molecule has 1 saturated heterocycles. The molecule has 2 N–H and O–H groups in total. The molecule has 1 aromatic heterocycles. The first-order valence-corrected chi connectivity index (χ1v) is 9.39. The second kappa shape index (κ2) is 8.41. The van der Waals surface area contributed by atoms with Crippen LogP contribution in [0.2, 0.25) is 0 Å². The molecule has 5 heteroatoms. The third-order valence-corrected chi connectivity index (χ3v) is 5.11. The second-order valence-corrected chi connectivity index (χ2v) is 7.36. The molecule has 0 atom stereocenters. The highest BCUT2D eigenvalue weighted by Crippen LogP contribution is 2.21. The summed E-state index contributed by atoms with van der Waals surface area (Å²) in [5.41, 5.74) is 3.30. The van der Waals surface area contributed by atoms with Gasteiger partial charge in [0.25, 0.3) is 0 Å². The third-order valence-electron chi connectivity index (χ3n) is 5.11. The lowest BCUT2D eigenvalue weighted by molar-refractivity contribution is 0.175. The average Bonchev–Trinajstić information content (AvgIpc) is 2.93. The first-order valence-electron chi connectivity index (χ1n) is 9.39. The number of amides is 2. The van der Waals surface area contributed by atoms with Crippen molar-refractivity contribution >= 4 is 11.7 Å². The van der Waals surface area contributed by atoms with Crippen molar-refractivity contribution in [2.45, 2.75) is 40.2 Å². The van der Waals surface area contributed by atoms with Gasteiger partial charge in [-0.1, -0.05) is 17.7 Å². The summed E-state index contributed by atoms with van der Waals surface area (Å²) in [6.07, 6.45) is 2.22. The van der Waals surface area contributed by atoms with Crippen LogP contribution in [0.3, 0.4) is 0 Å². The van der Waals surface area contributed by atoms with Crippen LogP contribution in [0.15, 0.2) is 34.7 Å². The van der Waals surface area contributed by atoms with Gasteiger partial charge in [-0.2, -0.15) is 0 Å². The van der Waals surface area contributed by atoms with Crippen molar-refractivity contribution in [3.8, 4) is 0 Å². The third kappa shape index (κ3) is 5.11. The summed E-state index contributed by atoms with van der Waals surface area (Å²) in [4.78, 5) is 14.5. The molecular weight excluding hydrogens is 326 g/mol. The zero-order valence-corrected chi connectivity index (χ0v) is 16.0. The van der Waals surface area contributed by atoms with E-state index in [2.05, 4.69) is 21.6 Å². The fourth-order valence-electron chi connectivity index (χ4n) is 3.48. The lowest BCUT2D eigenvalue weighted by Gasteiger charge is -2.31. The fraction of sp³-hybridized carbons (Fsp3) is 0.476. The van der Waals surface area contributed by atoms with E-state index in [1.807, 2.05) is 45.0 Å². The van der Waals surface area contributed by atoms with E-state index in [0.29, 0.717) is 5.92 Å². The molecule has 1 aromatic carbocycles. The minimum Gasteiger partial charge on any atom is -0.466 e. The summed E-state index contributed by atoms with van der Waals surface area (Å²) in [6.45, 7) is 9.88. The lowest BCUT2D eigenvalue weighted by Crippen LogP contribution is -2.39. The Labute approximate surface area is 155 Å². The number of furan rings is 1. The van der Waals surface area contributed by atoms with Crippen LogP contribution in [0, 0.1) is 26.7 Å². The minimum absolute atomic E-state index is 0.124. The number of nitrogens with one attached hydrogen (secondary N) is 2. The highest BCUT2D eigenvalue weighted by molar-refractivity contribution is 5.89. The molecule has 140 valence electrons. The molecular formula is C21H29N3O2. The Morgan fingerprint density at radius 2 is 1.85 bits per heavy atom. The summed E-state index contributed by atoms with van der Waals surface area (Å²) in [6, 6.07) is 9.85. The maximum Gasteiger partial charge on any atom is 0.319 e. The SMILES string of the molecule is Cc1ccc(NC(=O)NCC2CCN(Cc3cc(C)oc3C)CC2)cc1. The number of carbonyl (C=O) groups is 1.